The molecule has 1 saturated carbocycles. The molecule has 29 heavy (non-hydrogen) atoms. The van der Waals surface area contributed by atoms with Gasteiger partial charge in [0.15, 0.2) is 0 Å². The van der Waals surface area contributed by atoms with Gasteiger partial charge in [-0.05, 0) is 69.8 Å². The van der Waals surface area contributed by atoms with Crippen molar-refractivity contribution in [3.63, 3.8) is 0 Å². The molecular formula is C22H31NO6. The van der Waals surface area contributed by atoms with Crippen molar-refractivity contribution in [2.24, 2.45) is 0 Å². The van der Waals surface area contributed by atoms with Crippen molar-refractivity contribution in [3.05, 3.63) is 29.3 Å². The summed E-state index contributed by atoms with van der Waals surface area (Å²) in [7, 11) is 2.05. The van der Waals surface area contributed by atoms with E-state index in [0.29, 0.717) is 12.4 Å². The Bertz CT molecular complexity index is 728. The lowest BCUT2D eigenvalue weighted by Crippen LogP contribution is -2.49. The molecule has 7 nitrogen and oxygen atoms in total. The van der Waals surface area contributed by atoms with Crippen molar-refractivity contribution in [3.8, 4) is 5.75 Å². The van der Waals surface area contributed by atoms with Gasteiger partial charge in [0.2, 0.25) is 0 Å². The number of hydrogen-bond donors (Lipinski definition) is 0. The SMILES string of the molecule is CCOC(=O)Oc1ccc2c(c1)CN(C)CC2C1(OC(=O)OCC)CCCCC1. The Morgan fingerprint density at radius 3 is 2.45 bits per heavy atom. The largest absolute Gasteiger partial charge is 0.513 e. The average molecular weight is 405 g/mol. The summed E-state index contributed by atoms with van der Waals surface area (Å²) in [5.74, 6) is 0.498. The fraction of sp³-hybridized carbons (Fsp3) is 0.636. The molecule has 1 unspecified atom stereocenters. The van der Waals surface area contributed by atoms with Crippen LogP contribution in [0.15, 0.2) is 18.2 Å². The Morgan fingerprint density at radius 2 is 1.76 bits per heavy atom. The second-order valence-corrected chi connectivity index (χ2v) is 7.81. The molecule has 1 fully saturated rings. The topological polar surface area (TPSA) is 74.3 Å². The molecule has 1 heterocycles. The lowest BCUT2D eigenvalue weighted by Gasteiger charge is -2.46. The first-order valence-electron chi connectivity index (χ1n) is 10.5. The van der Waals surface area contributed by atoms with Crippen LogP contribution in [0.4, 0.5) is 9.59 Å². The van der Waals surface area contributed by atoms with Crippen LogP contribution in [-0.2, 0) is 20.8 Å². The smallest absolute Gasteiger partial charge is 0.435 e. The maximum absolute atomic E-state index is 12.3. The first-order chi connectivity index (χ1) is 14.0. The van der Waals surface area contributed by atoms with Crippen LogP contribution in [0.1, 0.15) is 63.0 Å². The predicted octanol–water partition coefficient (Wildman–Crippen LogP) is 4.63. The third kappa shape index (κ3) is 5.01. The molecule has 7 heteroatoms. The Kier molecular flexibility index (Phi) is 7.00. The van der Waals surface area contributed by atoms with E-state index in [9.17, 15) is 9.59 Å². The molecule has 1 aromatic rings. The average Bonchev–Trinajstić information content (AvgIpc) is 2.68. The third-order valence-electron chi connectivity index (χ3n) is 5.77. The van der Waals surface area contributed by atoms with Gasteiger partial charge in [-0.1, -0.05) is 12.5 Å². The minimum absolute atomic E-state index is 0.0394. The number of nitrogens with zero attached hydrogens (tertiary/aromatic N) is 1. The molecular weight excluding hydrogens is 374 g/mol. The Labute approximate surface area is 172 Å². The van der Waals surface area contributed by atoms with E-state index in [0.717, 1.165) is 56.3 Å². The summed E-state index contributed by atoms with van der Waals surface area (Å²) in [5, 5.41) is 0. The van der Waals surface area contributed by atoms with Gasteiger partial charge < -0.3 is 23.8 Å². The van der Waals surface area contributed by atoms with Crippen LogP contribution in [0, 0.1) is 0 Å². The monoisotopic (exact) mass is 405 g/mol. The zero-order chi connectivity index (χ0) is 20.9. The molecule has 3 rings (SSSR count). The maximum atomic E-state index is 12.3. The van der Waals surface area contributed by atoms with Crippen molar-refractivity contribution in [1.29, 1.82) is 0 Å². The fourth-order valence-electron chi connectivity index (χ4n) is 4.57. The molecule has 0 bridgehead atoms. The summed E-state index contributed by atoms with van der Waals surface area (Å²) < 4.78 is 21.3. The molecule has 1 aromatic carbocycles. The second kappa shape index (κ2) is 9.48. The molecule has 0 saturated heterocycles. The second-order valence-electron chi connectivity index (χ2n) is 7.81. The lowest BCUT2D eigenvalue weighted by atomic mass is 9.70. The number of fused-ring (bicyclic) bond motifs is 1. The highest BCUT2D eigenvalue weighted by atomic mass is 16.7. The van der Waals surface area contributed by atoms with Crippen molar-refractivity contribution < 1.29 is 28.5 Å². The van der Waals surface area contributed by atoms with Gasteiger partial charge >= 0.3 is 12.3 Å². The molecule has 1 atom stereocenters. The highest BCUT2D eigenvalue weighted by molar-refractivity contribution is 5.64. The summed E-state index contributed by atoms with van der Waals surface area (Å²) in [6.07, 6.45) is 3.55. The first-order valence-corrected chi connectivity index (χ1v) is 10.5. The van der Waals surface area contributed by atoms with Crippen LogP contribution in [0.2, 0.25) is 0 Å². The van der Waals surface area contributed by atoms with Crippen molar-refractivity contribution >= 4 is 12.3 Å². The molecule has 160 valence electrons. The highest BCUT2D eigenvalue weighted by Gasteiger charge is 2.47. The normalized spacial score (nSPS) is 21.0. The van der Waals surface area contributed by atoms with E-state index in [-0.39, 0.29) is 12.5 Å². The van der Waals surface area contributed by atoms with E-state index in [1.165, 1.54) is 0 Å². The van der Waals surface area contributed by atoms with Gasteiger partial charge in [0.05, 0.1) is 13.2 Å². The molecule has 1 aliphatic carbocycles. The number of benzene rings is 1. The number of rotatable bonds is 5. The van der Waals surface area contributed by atoms with Crippen molar-refractivity contribution in [2.45, 2.75) is 64.0 Å². The first kappa shape index (κ1) is 21.4. The predicted molar refractivity (Wildman–Crippen MR) is 107 cm³/mol. The van der Waals surface area contributed by atoms with Crippen molar-refractivity contribution in [1.82, 2.24) is 4.90 Å². The van der Waals surface area contributed by atoms with E-state index in [2.05, 4.69) is 11.9 Å². The quantitative estimate of drug-likeness (QED) is 0.522. The van der Waals surface area contributed by atoms with Gasteiger partial charge in [-0.15, -0.1) is 0 Å². The Hall–Kier alpha value is -2.28. The summed E-state index contributed by atoms with van der Waals surface area (Å²) in [6, 6.07) is 5.66. The fourth-order valence-corrected chi connectivity index (χ4v) is 4.57. The zero-order valence-corrected chi connectivity index (χ0v) is 17.6. The minimum atomic E-state index is -0.706. The molecule has 1 aliphatic heterocycles. The molecule has 0 amide bonds. The zero-order valence-electron chi connectivity index (χ0n) is 17.6. The van der Waals surface area contributed by atoms with E-state index in [1.807, 2.05) is 12.1 Å². The van der Waals surface area contributed by atoms with Gasteiger partial charge in [0, 0.05) is 19.0 Å². The van der Waals surface area contributed by atoms with E-state index in [4.69, 9.17) is 18.9 Å². The Morgan fingerprint density at radius 1 is 1.07 bits per heavy atom. The van der Waals surface area contributed by atoms with Gasteiger partial charge in [-0.25, -0.2) is 9.59 Å². The van der Waals surface area contributed by atoms with Crippen LogP contribution in [-0.4, -0.2) is 49.6 Å². The highest BCUT2D eigenvalue weighted by Crippen LogP contribution is 2.46. The van der Waals surface area contributed by atoms with Crippen LogP contribution < -0.4 is 4.74 Å². The third-order valence-corrected chi connectivity index (χ3v) is 5.77. The summed E-state index contributed by atoms with van der Waals surface area (Å²) in [6.45, 7) is 5.61. The number of hydrogen-bond acceptors (Lipinski definition) is 7. The number of likely N-dealkylation sites (N-methyl/N-ethyl adjacent to an activating group) is 1. The van der Waals surface area contributed by atoms with Crippen molar-refractivity contribution in [2.75, 3.05) is 26.8 Å². The summed E-state index contributed by atoms with van der Waals surface area (Å²) >= 11 is 0. The Balaban J connectivity index is 1.90. The summed E-state index contributed by atoms with van der Waals surface area (Å²) in [5.41, 5.74) is 1.64. The van der Waals surface area contributed by atoms with Crippen LogP contribution in [0.5, 0.6) is 5.75 Å². The van der Waals surface area contributed by atoms with Gasteiger partial charge in [0.1, 0.15) is 11.4 Å². The van der Waals surface area contributed by atoms with Gasteiger partial charge in [0.25, 0.3) is 0 Å². The molecule has 0 aromatic heterocycles. The van der Waals surface area contributed by atoms with Gasteiger partial charge in [-0.3, -0.25) is 0 Å². The van der Waals surface area contributed by atoms with E-state index in [1.54, 1.807) is 19.9 Å². The number of carbonyl (C=O) groups excluding carboxylic acids is 2. The lowest BCUT2D eigenvalue weighted by molar-refractivity contribution is -0.0762. The number of carbonyl (C=O) groups is 2. The summed E-state index contributed by atoms with van der Waals surface area (Å²) in [4.78, 5) is 26.1. The standard InChI is InChI=1S/C22H31NO6/c1-4-26-20(24)28-17-9-10-18-16(13-17)14-23(3)15-19(18)22(11-7-6-8-12-22)29-21(25)27-5-2/h9-10,13,19H,4-8,11-12,14-15H2,1-3H3. The van der Waals surface area contributed by atoms with Crippen LogP contribution in [0.25, 0.3) is 0 Å². The van der Waals surface area contributed by atoms with E-state index >= 15 is 0 Å². The van der Waals surface area contributed by atoms with Gasteiger partial charge in [-0.2, -0.15) is 0 Å². The minimum Gasteiger partial charge on any atom is -0.435 e. The molecule has 0 spiro atoms. The maximum Gasteiger partial charge on any atom is 0.513 e. The molecule has 0 N–H and O–H groups in total. The molecule has 2 aliphatic rings. The molecule has 0 radical (unpaired) electrons. The van der Waals surface area contributed by atoms with E-state index < -0.39 is 17.9 Å². The van der Waals surface area contributed by atoms with Crippen LogP contribution >= 0.6 is 0 Å². The number of ether oxygens (including phenoxy) is 4. The van der Waals surface area contributed by atoms with Crippen LogP contribution in [0.3, 0.4) is 0 Å².